The lowest BCUT2D eigenvalue weighted by Gasteiger charge is -2.43. The topological polar surface area (TPSA) is 4.36 Å². The van der Waals surface area contributed by atoms with Crippen molar-refractivity contribution >= 4 is 0 Å². The fourth-order valence-corrected chi connectivity index (χ4v) is 12.4. The molecule has 0 aliphatic heterocycles. The summed E-state index contributed by atoms with van der Waals surface area (Å²) in [5.74, 6) is 18.6. The Bertz CT molecular complexity index is 1880. The molecule has 0 aromatic heterocycles. The van der Waals surface area contributed by atoms with Crippen LogP contribution in [0.3, 0.4) is 0 Å². The Labute approximate surface area is 656 Å². The quantitative estimate of drug-likeness (QED) is 0.0456. The Kier molecular flexibility index (Phi) is 89.7. The lowest BCUT2D eigenvalue weighted by atomic mass is 9.62. The van der Waals surface area contributed by atoms with E-state index < -0.39 is 0 Å². The number of allylic oxidation sites excluding steroid dienone is 9. The summed E-state index contributed by atoms with van der Waals surface area (Å²) in [5.41, 5.74) is 11.3. The van der Waals surface area contributed by atoms with Crippen molar-refractivity contribution in [3.8, 4) is 0 Å². The molecule has 0 aromatic carbocycles. The molecule has 0 N–H and O–H groups in total. The molecule has 0 spiro atoms. The monoisotopic (exact) mass is 1430 g/mol. The van der Waals surface area contributed by atoms with Crippen molar-refractivity contribution in [1.82, 2.24) is 0 Å². The summed E-state index contributed by atoms with van der Waals surface area (Å²) in [4.78, 5) is 3.19. The minimum atomic E-state index is 0. The van der Waals surface area contributed by atoms with Crippen molar-refractivity contribution in [2.45, 2.75) is 367 Å². The van der Waals surface area contributed by atoms with E-state index in [4.69, 9.17) is 6.57 Å². The second-order valence-electron chi connectivity index (χ2n) is 36.2. The summed E-state index contributed by atoms with van der Waals surface area (Å²) in [7, 11) is 0. The van der Waals surface area contributed by atoms with Gasteiger partial charge in [0.25, 0.3) is 0 Å². The van der Waals surface area contributed by atoms with Crippen LogP contribution in [-0.4, -0.2) is 6.54 Å². The zero-order valence-electron chi connectivity index (χ0n) is 76.5. The third-order valence-corrected chi connectivity index (χ3v) is 22.4. The van der Waals surface area contributed by atoms with Gasteiger partial charge in [0.15, 0.2) is 0 Å². The standard InChI is InChI=1S/C18H38.3C18H32.C5H9N.4C5H12.4CH4/c4*1-11(2)15(9)17(13(5)6)18(14(7)8)16(10)12(3)4;1-5(2)4-6-3;4*1-4-5(2)3;;;;/h11-18H,1-10H3;3*12,15-18H,1,5,7H2,2-4,6,8-10H3;5H,4H2,1-2H3;4*5H,4H2,1-3H3;4*1H4. The van der Waals surface area contributed by atoms with E-state index in [9.17, 15) is 0 Å². The smallest absolute Gasteiger partial charge is 0.216 e. The van der Waals surface area contributed by atoms with Gasteiger partial charge in [0, 0.05) is 5.92 Å². The lowest BCUT2D eigenvalue weighted by molar-refractivity contribution is 0.0504. The van der Waals surface area contributed by atoms with Crippen molar-refractivity contribution in [2.24, 2.45) is 166 Å². The molecule has 16 atom stereocenters. The Hall–Kier alpha value is -2.85. The molecule has 1 nitrogen and oxygen atoms in total. The molecule has 0 radical (unpaired) electrons. The summed E-state index contributed by atoms with van der Waals surface area (Å²) in [6.45, 7) is 146. The van der Waals surface area contributed by atoms with Crippen LogP contribution in [-0.2, 0) is 0 Å². The number of hydrogen-bond donors (Lipinski definition) is 0. The zero-order valence-corrected chi connectivity index (χ0v) is 76.5. The van der Waals surface area contributed by atoms with Crippen LogP contribution in [0.15, 0.2) is 109 Å². The number of rotatable bonds is 33. The Morgan fingerprint density at radius 2 is 0.363 bits per heavy atom. The van der Waals surface area contributed by atoms with Crippen LogP contribution < -0.4 is 0 Å². The maximum absolute atomic E-state index is 6.36. The highest BCUT2D eigenvalue weighted by molar-refractivity contribution is 5.19. The molecule has 0 saturated carbocycles. The van der Waals surface area contributed by atoms with Gasteiger partial charge < -0.3 is 4.85 Å². The van der Waals surface area contributed by atoms with Gasteiger partial charge in [-0.15, -0.1) is 0 Å². The fourth-order valence-electron chi connectivity index (χ4n) is 12.4. The molecule has 0 bridgehead atoms. The predicted molar refractivity (Wildman–Crippen MR) is 492 cm³/mol. The van der Waals surface area contributed by atoms with Gasteiger partial charge in [-0.3, -0.25) is 0 Å². The first-order chi connectivity index (χ1) is 44.3. The normalized spacial score (nSPS) is 15.4. The van der Waals surface area contributed by atoms with Crippen LogP contribution in [0.4, 0.5) is 0 Å². The van der Waals surface area contributed by atoms with Gasteiger partial charge in [0.1, 0.15) is 0 Å². The molecule has 0 saturated heterocycles. The lowest BCUT2D eigenvalue weighted by Crippen LogP contribution is -2.37. The second kappa shape index (κ2) is 71.1. The van der Waals surface area contributed by atoms with Crippen LogP contribution in [0.5, 0.6) is 0 Å². The molecule has 0 amide bonds. The largest absolute Gasteiger partial charge is 0.317 e. The van der Waals surface area contributed by atoms with Gasteiger partial charge in [-0.25, -0.2) is 6.57 Å². The zero-order chi connectivity index (χ0) is 80.6. The highest BCUT2D eigenvalue weighted by atomic mass is 14.6. The number of nitrogens with zero attached hydrogens (tertiary/aromatic N) is 1. The maximum Gasteiger partial charge on any atom is 0.216 e. The summed E-state index contributed by atoms with van der Waals surface area (Å²) in [5, 5.41) is 0. The van der Waals surface area contributed by atoms with Gasteiger partial charge in [0.2, 0.25) is 6.54 Å². The van der Waals surface area contributed by atoms with Gasteiger partial charge in [0.05, 0.1) is 0 Å². The van der Waals surface area contributed by atoms with Gasteiger partial charge >= 0.3 is 0 Å². The van der Waals surface area contributed by atoms with Crippen LogP contribution in [0.25, 0.3) is 4.85 Å². The van der Waals surface area contributed by atoms with Crippen LogP contribution in [0.1, 0.15) is 367 Å². The van der Waals surface area contributed by atoms with E-state index in [1.54, 1.807) is 0 Å². The minimum absolute atomic E-state index is 0. The van der Waals surface area contributed by atoms with E-state index in [1.165, 1.54) is 75.8 Å². The Balaban J connectivity index is -0.0000000831. The number of hydrogen-bond acceptors (Lipinski definition) is 0. The van der Waals surface area contributed by atoms with E-state index in [-0.39, 0.29) is 29.7 Å². The van der Waals surface area contributed by atoms with E-state index in [1.807, 2.05) is 13.8 Å². The highest BCUT2D eigenvalue weighted by Crippen LogP contribution is 2.46. The Morgan fingerprint density at radius 3 is 0.422 bits per heavy atom. The van der Waals surface area contributed by atoms with Gasteiger partial charge in [-0.1, -0.05) is 414 Å². The van der Waals surface area contributed by atoms with Crippen molar-refractivity contribution in [3.05, 3.63) is 121 Å². The molecular formula is C101H207N. The third-order valence-electron chi connectivity index (χ3n) is 22.4. The van der Waals surface area contributed by atoms with E-state index in [0.717, 1.165) is 71.0 Å². The molecule has 0 heterocycles. The average Bonchev–Trinajstić information content (AvgIpc) is 3.47. The fraction of sp³-hybridized carbons (Fsp3) is 0.812. The van der Waals surface area contributed by atoms with Crippen molar-refractivity contribution in [2.75, 3.05) is 6.54 Å². The Morgan fingerprint density at radius 1 is 0.225 bits per heavy atom. The molecular weight excluding hydrogens is 1230 g/mol. The summed E-state index contributed by atoms with van der Waals surface area (Å²) < 4.78 is 0. The first kappa shape index (κ1) is 129. The molecule has 0 fully saturated rings. The highest BCUT2D eigenvalue weighted by Gasteiger charge is 2.38. The molecule has 16 unspecified atom stereocenters. The summed E-state index contributed by atoms with van der Waals surface area (Å²) >= 11 is 0. The van der Waals surface area contributed by atoms with Crippen LogP contribution in [0, 0.1) is 172 Å². The molecule has 0 aliphatic carbocycles. The predicted octanol–water partition coefficient (Wildman–Crippen LogP) is 36.1. The molecule has 0 aromatic rings. The van der Waals surface area contributed by atoms with E-state index >= 15 is 0 Å². The molecule has 102 heavy (non-hydrogen) atoms. The third kappa shape index (κ3) is 62.2. The average molecular weight is 1440 g/mol. The van der Waals surface area contributed by atoms with Gasteiger partial charge in [-0.2, -0.15) is 0 Å². The van der Waals surface area contributed by atoms with Crippen LogP contribution in [0.2, 0.25) is 0 Å². The van der Waals surface area contributed by atoms with Gasteiger partial charge in [-0.05, 0) is 222 Å². The molecule has 1 heteroatoms. The maximum atomic E-state index is 6.36. The van der Waals surface area contributed by atoms with E-state index in [2.05, 4.69) is 362 Å². The minimum Gasteiger partial charge on any atom is -0.317 e. The van der Waals surface area contributed by atoms with Crippen molar-refractivity contribution < 1.29 is 0 Å². The first-order valence-corrected chi connectivity index (χ1v) is 40.5. The summed E-state index contributed by atoms with van der Waals surface area (Å²) in [6.07, 6.45) is 5.22. The van der Waals surface area contributed by atoms with Crippen molar-refractivity contribution in [1.29, 1.82) is 0 Å². The van der Waals surface area contributed by atoms with Crippen LogP contribution >= 0.6 is 0 Å². The van der Waals surface area contributed by atoms with E-state index in [0.29, 0.717) is 101 Å². The molecule has 0 rings (SSSR count). The molecule has 0 aliphatic rings. The molecule has 616 valence electrons. The SMILES string of the molecule is C.C.C.C.C=C(C)C(C)C(C(=C)C)C(C(=C)C)C(C)C(C)C.C=C(C)C(C)C(C(=C)C)C(C(=C)C)C(C)C(C)C.C=C(C)C(C)C(C(=C)C)C(C(=C)C)C(C)C(C)C.CC(C)C(C)C(C(C)C)C(C(C)C)C(C)C(C)C.CCC(C)C.CCC(C)C.CCC(C)C.CCC(C)C.[C-]#[N+]CC(C)C. The summed E-state index contributed by atoms with van der Waals surface area (Å²) in [6, 6.07) is 0. The van der Waals surface area contributed by atoms with Crippen molar-refractivity contribution in [3.63, 3.8) is 0 Å². The first-order valence-electron chi connectivity index (χ1n) is 40.5. The second-order valence-corrected chi connectivity index (χ2v) is 36.2.